The second kappa shape index (κ2) is 6.60. The van der Waals surface area contributed by atoms with Crippen molar-refractivity contribution in [1.29, 1.82) is 0 Å². The average molecular weight is 191 g/mol. The van der Waals surface area contributed by atoms with Crippen molar-refractivity contribution in [2.45, 2.75) is 39.2 Å². The fraction of sp³-hybridized carbons (Fsp3) is 1.00. The van der Waals surface area contributed by atoms with Gasteiger partial charge in [-0.05, 0) is 19.0 Å². The molecule has 0 atom stereocenters. The first kappa shape index (κ1) is 12.1. The predicted molar refractivity (Wildman–Crippen MR) is 53.1 cm³/mol. The van der Waals surface area contributed by atoms with Crippen LogP contribution in [0.1, 0.15) is 33.1 Å². The van der Waals surface area contributed by atoms with Crippen LogP contribution in [0, 0.1) is 0 Å². The number of hydrogen-bond donors (Lipinski definition) is 3. The van der Waals surface area contributed by atoms with Gasteiger partial charge in [-0.15, -0.1) is 0 Å². The molecule has 0 saturated heterocycles. The number of rotatable bonds is 7. The molecule has 0 aromatic heterocycles. The molecule has 12 heavy (non-hydrogen) atoms. The van der Waals surface area contributed by atoms with E-state index in [1.807, 2.05) is 6.92 Å². The van der Waals surface area contributed by atoms with E-state index in [1.54, 1.807) is 0 Å². The summed E-state index contributed by atoms with van der Waals surface area (Å²) in [5, 5.41) is 3.07. The molecule has 0 bridgehead atoms. The summed E-state index contributed by atoms with van der Waals surface area (Å²) in [7, 11) is -2.85. The molecule has 0 aliphatic heterocycles. The van der Waals surface area contributed by atoms with Crippen molar-refractivity contribution in [3.63, 3.8) is 0 Å². The van der Waals surface area contributed by atoms with Gasteiger partial charge in [0.2, 0.25) is 0 Å². The molecule has 0 aromatic rings. The van der Waals surface area contributed by atoms with Gasteiger partial charge in [0.1, 0.15) is 0 Å². The van der Waals surface area contributed by atoms with Crippen molar-refractivity contribution >= 4 is 8.56 Å². The van der Waals surface area contributed by atoms with Crippen molar-refractivity contribution in [3.05, 3.63) is 0 Å². The van der Waals surface area contributed by atoms with Crippen molar-refractivity contribution in [1.82, 2.24) is 5.32 Å². The standard InChI is InChI=1S/C8H21NO2Si/c1-3-5-6-7-9-8-12(10,11)4-2/h9-11H,3-8H2,1-2H3. The van der Waals surface area contributed by atoms with Gasteiger partial charge < -0.3 is 14.9 Å². The molecule has 0 fully saturated rings. The van der Waals surface area contributed by atoms with E-state index < -0.39 is 8.56 Å². The van der Waals surface area contributed by atoms with Crippen LogP contribution >= 0.6 is 0 Å². The molecule has 74 valence electrons. The summed E-state index contributed by atoms with van der Waals surface area (Å²) in [5.74, 6) is 0. The van der Waals surface area contributed by atoms with Crippen LogP contribution < -0.4 is 5.32 Å². The van der Waals surface area contributed by atoms with E-state index in [2.05, 4.69) is 12.2 Å². The van der Waals surface area contributed by atoms with Crippen LogP contribution in [-0.2, 0) is 0 Å². The number of hydrogen-bond acceptors (Lipinski definition) is 3. The molecule has 3 nitrogen and oxygen atoms in total. The third kappa shape index (κ3) is 6.79. The molecule has 3 N–H and O–H groups in total. The Morgan fingerprint density at radius 2 is 1.83 bits per heavy atom. The quantitative estimate of drug-likeness (QED) is 0.411. The van der Waals surface area contributed by atoms with Gasteiger partial charge >= 0.3 is 8.56 Å². The van der Waals surface area contributed by atoms with Gasteiger partial charge in [-0.3, -0.25) is 0 Å². The van der Waals surface area contributed by atoms with E-state index in [4.69, 9.17) is 0 Å². The van der Waals surface area contributed by atoms with E-state index in [9.17, 15) is 9.59 Å². The zero-order valence-corrected chi connectivity index (χ0v) is 9.14. The summed E-state index contributed by atoms with van der Waals surface area (Å²) in [4.78, 5) is 18.6. The molecule has 0 rings (SSSR count). The Hall–Kier alpha value is 0.0969. The van der Waals surface area contributed by atoms with Crippen LogP contribution in [0.25, 0.3) is 0 Å². The molecule has 0 aromatic carbocycles. The van der Waals surface area contributed by atoms with Gasteiger partial charge in [-0.2, -0.15) is 0 Å². The Balaban J connectivity index is 3.19. The molecule has 0 aliphatic rings. The lowest BCUT2D eigenvalue weighted by Gasteiger charge is -2.15. The number of unbranched alkanes of at least 4 members (excludes halogenated alkanes) is 2. The van der Waals surface area contributed by atoms with Gasteiger partial charge in [0.25, 0.3) is 0 Å². The molecular weight excluding hydrogens is 170 g/mol. The normalized spacial score (nSPS) is 12.0. The maximum atomic E-state index is 9.31. The molecule has 0 aliphatic carbocycles. The Kier molecular flexibility index (Phi) is 6.65. The summed E-state index contributed by atoms with van der Waals surface area (Å²) >= 11 is 0. The van der Waals surface area contributed by atoms with Gasteiger partial charge in [0, 0.05) is 6.17 Å². The first-order valence-corrected chi connectivity index (χ1v) is 7.08. The minimum atomic E-state index is -2.85. The Morgan fingerprint density at radius 1 is 1.17 bits per heavy atom. The monoisotopic (exact) mass is 191 g/mol. The topological polar surface area (TPSA) is 52.5 Å². The first-order chi connectivity index (χ1) is 5.62. The predicted octanol–water partition coefficient (Wildman–Crippen LogP) is 0.752. The summed E-state index contributed by atoms with van der Waals surface area (Å²) < 4.78 is 0. The minimum absolute atomic E-state index is 0.410. The van der Waals surface area contributed by atoms with Crippen LogP contribution in [-0.4, -0.2) is 30.9 Å². The molecule has 0 saturated carbocycles. The maximum absolute atomic E-state index is 9.31. The molecule has 4 heteroatoms. The lowest BCUT2D eigenvalue weighted by molar-refractivity contribution is 0.354. The molecule has 0 unspecified atom stereocenters. The summed E-state index contributed by atoms with van der Waals surface area (Å²) in [5.41, 5.74) is 0. The van der Waals surface area contributed by atoms with Crippen LogP contribution in [0.2, 0.25) is 6.04 Å². The highest BCUT2D eigenvalue weighted by molar-refractivity contribution is 6.64. The van der Waals surface area contributed by atoms with E-state index >= 15 is 0 Å². The molecule has 0 amide bonds. The SMILES string of the molecule is CCCCCNC[Si](O)(O)CC. The largest absolute Gasteiger partial charge is 0.410 e. The highest BCUT2D eigenvalue weighted by Crippen LogP contribution is 1.98. The van der Waals surface area contributed by atoms with E-state index in [1.165, 1.54) is 12.8 Å². The third-order valence-electron chi connectivity index (χ3n) is 1.93. The van der Waals surface area contributed by atoms with Crippen molar-refractivity contribution < 1.29 is 9.59 Å². The lowest BCUT2D eigenvalue weighted by atomic mass is 10.2. The maximum Gasteiger partial charge on any atom is 0.346 e. The Morgan fingerprint density at radius 3 is 2.33 bits per heavy atom. The fourth-order valence-corrected chi connectivity index (χ4v) is 1.74. The second-order valence-corrected chi connectivity index (χ2v) is 6.25. The zero-order valence-electron chi connectivity index (χ0n) is 8.14. The highest BCUT2D eigenvalue weighted by atomic mass is 28.4. The summed E-state index contributed by atoms with van der Waals surface area (Å²) in [6.45, 7) is 4.88. The highest BCUT2D eigenvalue weighted by Gasteiger charge is 2.25. The van der Waals surface area contributed by atoms with E-state index in [-0.39, 0.29) is 0 Å². The third-order valence-corrected chi connectivity index (χ3v) is 3.88. The number of nitrogens with one attached hydrogen (secondary N) is 1. The van der Waals surface area contributed by atoms with Crippen molar-refractivity contribution in [2.24, 2.45) is 0 Å². The lowest BCUT2D eigenvalue weighted by Crippen LogP contribution is -2.45. The van der Waals surface area contributed by atoms with E-state index in [0.29, 0.717) is 12.2 Å². The van der Waals surface area contributed by atoms with Crippen LogP contribution in [0.15, 0.2) is 0 Å². The Labute approximate surface area is 76.1 Å². The van der Waals surface area contributed by atoms with Crippen LogP contribution in [0.4, 0.5) is 0 Å². The van der Waals surface area contributed by atoms with Gasteiger partial charge in [0.05, 0.1) is 0 Å². The summed E-state index contributed by atoms with van der Waals surface area (Å²) in [6, 6.07) is 0.508. The smallest absolute Gasteiger partial charge is 0.346 e. The van der Waals surface area contributed by atoms with Crippen molar-refractivity contribution in [3.8, 4) is 0 Å². The molecular formula is C8H21NO2Si. The van der Waals surface area contributed by atoms with Crippen LogP contribution in [0.3, 0.4) is 0 Å². The molecule has 0 spiro atoms. The average Bonchev–Trinajstić information content (AvgIpc) is 2.04. The van der Waals surface area contributed by atoms with Gasteiger partial charge in [0.15, 0.2) is 0 Å². The van der Waals surface area contributed by atoms with Gasteiger partial charge in [-0.25, -0.2) is 0 Å². The Bertz CT molecular complexity index is 109. The van der Waals surface area contributed by atoms with Crippen molar-refractivity contribution in [2.75, 3.05) is 12.7 Å². The first-order valence-electron chi connectivity index (χ1n) is 4.78. The summed E-state index contributed by atoms with van der Waals surface area (Å²) in [6.07, 6.45) is 3.96. The fourth-order valence-electron chi connectivity index (χ4n) is 0.914. The van der Waals surface area contributed by atoms with Crippen LogP contribution in [0.5, 0.6) is 0 Å². The minimum Gasteiger partial charge on any atom is -0.410 e. The zero-order chi connectivity index (χ0) is 9.45. The second-order valence-electron chi connectivity index (χ2n) is 3.22. The molecule has 0 radical (unpaired) electrons. The van der Waals surface area contributed by atoms with E-state index in [0.717, 1.165) is 13.0 Å². The van der Waals surface area contributed by atoms with Gasteiger partial charge in [-0.1, -0.05) is 26.7 Å². The molecule has 0 heterocycles.